The van der Waals surface area contributed by atoms with Crippen LogP contribution in [0.4, 0.5) is 0 Å². The Morgan fingerprint density at radius 2 is 1.92 bits per heavy atom. The Morgan fingerprint density at radius 1 is 1.50 bits per heavy atom. The first-order valence-electron chi connectivity index (χ1n) is 4.21. The van der Waals surface area contributed by atoms with Crippen molar-refractivity contribution in [2.24, 2.45) is 5.41 Å². The molecular formula is C9H19NO2. The number of carbonyl (C=O) groups excluding carboxylic acids is 1. The Kier molecular flexibility index (Phi) is 3.71. The lowest BCUT2D eigenvalue weighted by atomic mass is 9.92. The van der Waals surface area contributed by atoms with Gasteiger partial charge in [0.25, 0.3) is 0 Å². The lowest BCUT2D eigenvalue weighted by Gasteiger charge is -2.30. The van der Waals surface area contributed by atoms with Gasteiger partial charge in [0.2, 0.25) is 5.91 Å². The minimum Gasteiger partial charge on any atom is -0.395 e. The average Bonchev–Trinajstić information content (AvgIpc) is 2.01. The van der Waals surface area contributed by atoms with Crippen molar-refractivity contribution in [1.82, 2.24) is 4.90 Å². The SMILES string of the molecule is CC(C)N(C)C(=O)C(C)(C)CO. The van der Waals surface area contributed by atoms with Gasteiger partial charge in [-0.05, 0) is 27.7 Å². The van der Waals surface area contributed by atoms with E-state index in [1.807, 2.05) is 13.8 Å². The monoisotopic (exact) mass is 173 g/mol. The summed E-state index contributed by atoms with van der Waals surface area (Å²) in [5.74, 6) is -0.0139. The van der Waals surface area contributed by atoms with Gasteiger partial charge < -0.3 is 10.0 Å². The van der Waals surface area contributed by atoms with E-state index in [0.29, 0.717) is 0 Å². The maximum Gasteiger partial charge on any atom is 0.230 e. The van der Waals surface area contributed by atoms with Crippen LogP contribution in [-0.4, -0.2) is 35.6 Å². The molecule has 0 aromatic heterocycles. The smallest absolute Gasteiger partial charge is 0.230 e. The van der Waals surface area contributed by atoms with Gasteiger partial charge in [0.05, 0.1) is 12.0 Å². The zero-order valence-electron chi connectivity index (χ0n) is 8.59. The quantitative estimate of drug-likeness (QED) is 0.688. The highest BCUT2D eigenvalue weighted by molar-refractivity contribution is 5.82. The van der Waals surface area contributed by atoms with Gasteiger partial charge in [-0.1, -0.05) is 0 Å². The van der Waals surface area contributed by atoms with E-state index in [4.69, 9.17) is 5.11 Å². The molecule has 0 saturated heterocycles. The lowest BCUT2D eigenvalue weighted by Crippen LogP contribution is -2.43. The molecule has 0 heterocycles. The second-order valence-corrected chi connectivity index (χ2v) is 4.05. The van der Waals surface area contributed by atoms with Gasteiger partial charge in [0.1, 0.15) is 0 Å². The number of hydrogen-bond acceptors (Lipinski definition) is 2. The molecule has 0 aromatic carbocycles. The maximum absolute atomic E-state index is 11.6. The van der Waals surface area contributed by atoms with Gasteiger partial charge in [0.15, 0.2) is 0 Å². The van der Waals surface area contributed by atoms with Crippen LogP contribution in [-0.2, 0) is 4.79 Å². The highest BCUT2D eigenvalue weighted by Crippen LogP contribution is 2.17. The molecule has 1 N–H and O–H groups in total. The lowest BCUT2D eigenvalue weighted by molar-refractivity contribution is -0.142. The fourth-order valence-electron chi connectivity index (χ4n) is 0.780. The van der Waals surface area contributed by atoms with Crippen molar-refractivity contribution >= 4 is 5.91 Å². The van der Waals surface area contributed by atoms with Crippen LogP contribution in [0.3, 0.4) is 0 Å². The van der Waals surface area contributed by atoms with Crippen molar-refractivity contribution < 1.29 is 9.90 Å². The molecule has 0 spiro atoms. The second-order valence-electron chi connectivity index (χ2n) is 4.05. The molecule has 72 valence electrons. The molecule has 1 amide bonds. The highest BCUT2D eigenvalue weighted by Gasteiger charge is 2.30. The Hall–Kier alpha value is -0.570. The summed E-state index contributed by atoms with van der Waals surface area (Å²) >= 11 is 0. The summed E-state index contributed by atoms with van der Waals surface area (Å²) in [6.45, 7) is 7.28. The van der Waals surface area contributed by atoms with E-state index < -0.39 is 5.41 Å². The predicted molar refractivity (Wildman–Crippen MR) is 48.8 cm³/mol. The Morgan fingerprint density at radius 3 is 2.17 bits per heavy atom. The number of hydrogen-bond donors (Lipinski definition) is 1. The zero-order chi connectivity index (χ0) is 9.94. The van der Waals surface area contributed by atoms with Gasteiger partial charge in [0, 0.05) is 13.1 Å². The van der Waals surface area contributed by atoms with Crippen LogP contribution in [0.25, 0.3) is 0 Å². The van der Waals surface area contributed by atoms with E-state index in [-0.39, 0.29) is 18.6 Å². The van der Waals surface area contributed by atoms with Gasteiger partial charge in [-0.2, -0.15) is 0 Å². The van der Waals surface area contributed by atoms with Crippen molar-refractivity contribution in [2.45, 2.75) is 33.7 Å². The van der Waals surface area contributed by atoms with E-state index in [1.165, 1.54) is 0 Å². The number of nitrogens with zero attached hydrogens (tertiary/aromatic N) is 1. The molecule has 0 fully saturated rings. The highest BCUT2D eigenvalue weighted by atomic mass is 16.3. The molecule has 3 nitrogen and oxygen atoms in total. The fourth-order valence-corrected chi connectivity index (χ4v) is 0.780. The Bertz CT molecular complexity index is 164. The summed E-state index contributed by atoms with van der Waals surface area (Å²) in [4.78, 5) is 13.3. The number of aliphatic hydroxyl groups is 1. The molecule has 0 saturated carbocycles. The Balaban J connectivity index is 4.39. The van der Waals surface area contributed by atoms with Gasteiger partial charge in [-0.15, -0.1) is 0 Å². The largest absolute Gasteiger partial charge is 0.395 e. The number of carbonyl (C=O) groups is 1. The van der Waals surface area contributed by atoms with Crippen molar-refractivity contribution in [1.29, 1.82) is 0 Å². The van der Waals surface area contributed by atoms with Crippen molar-refractivity contribution in [3.63, 3.8) is 0 Å². The van der Waals surface area contributed by atoms with Crippen molar-refractivity contribution in [2.75, 3.05) is 13.7 Å². The minimum atomic E-state index is -0.654. The van der Waals surface area contributed by atoms with E-state index >= 15 is 0 Å². The number of aliphatic hydroxyl groups excluding tert-OH is 1. The number of amides is 1. The summed E-state index contributed by atoms with van der Waals surface area (Å²) in [6, 6.07) is 0.184. The van der Waals surface area contributed by atoms with Gasteiger partial charge in [-0.25, -0.2) is 0 Å². The molecule has 0 rings (SSSR count). The third-order valence-electron chi connectivity index (χ3n) is 2.07. The normalized spacial score (nSPS) is 11.9. The van der Waals surface area contributed by atoms with Crippen molar-refractivity contribution in [3.05, 3.63) is 0 Å². The molecule has 0 unspecified atom stereocenters. The van der Waals surface area contributed by atoms with Gasteiger partial charge >= 0.3 is 0 Å². The van der Waals surface area contributed by atoms with E-state index in [1.54, 1.807) is 25.8 Å². The first kappa shape index (κ1) is 11.4. The average molecular weight is 173 g/mol. The summed E-state index contributed by atoms with van der Waals surface area (Å²) in [5.41, 5.74) is -0.654. The summed E-state index contributed by atoms with van der Waals surface area (Å²) < 4.78 is 0. The topological polar surface area (TPSA) is 40.5 Å². The first-order valence-corrected chi connectivity index (χ1v) is 4.21. The first-order chi connectivity index (χ1) is 5.33. The standard InChI is InChI=1S/C9H19NO2/c1-7(2)10(5)8(12)9(3,4)6-11/h7,11H,6H2,1-5H3. The molecule has 0 aliphatic rings. The molecule has 12 heavy (non-hydrogen) atoms. The summed E-state index contributed by atoms with van der Waals surface area (Å²) in [5, 5.41) is 8.95. The van der Waals surface area contributed by atoms with Crippen molar-refractivity contribution in [3.8, 4) is 0 Å². The summed E-state index contributed by atoms with van der Waals surface area (Å²) in [6.07, 6.45) is 0. The summed E-state index contributed by atoms with van der Waals surface area (Å²) in [7, 11) is 1.75. The molecule has 0 aromatic rings. The molecule has 0 aliphatic carbocycles. The maximum atomic E-state index is 11.6. The van der Waals surface area contributed by atoms with Crippen LogP contribution >= 0.6 is 0 Å². The van der Waals surface area contributed by atoms with Crippen LogP contribution in [0.15, 0.2) is 0 Å². The molecule has 0 atom stereocenters. The predicted octanol–water partition coefficient (Wildman–Crippen LogP) is 0.872. The third kappa shape index (κ3) is 2.48. The number of rotatable bonds is 3. The molecule has 0 aliphatic heterocycles. The van der Waals surface area contributed by atoms with Crippen LogP contribution in [0.1, 0.15) is 27.7 Å². The minimum absolute atomic E-state index is 0.0139. The fraction of sp³-hybridized carbons (Fsp3) is 0.889. The van der Waals surface area contributed by atoms with E-state index in [2.05, 4.69) is 0 Å². The molecule has 0 bridgehead atoms. The van der Waals surface area contributed by atoms with E-state index in [9.17, 15) is 4.79 Å². The van der Waals surface area contributed by atoms with Gasteiger partial charge in [-0.3, -0.25) is 4.79 Å². The van der Waals surface area contributed by atoms with E-state index in [0.717, 1.165) is 0 Å². The van der Waals surface area contributed by atoms with Crippen LogP contribution in [0.2, 0.25) is 0 Å². The third-order valence-corrected chi connectivity index (χ3v) is 2.07. The second kappa shape index (κ2) is 3.90. The van der Waals surface area contributed by atoms with Crippen LogP contribution in [0.5, 0.6) is 0 Å². The van der Waals surface area contributed by atoms with Crippen LogP contribution < -0.4 is 0 Å². The molecular weight excluding hydrogens is 154 g/mol. The zero-order valence-corrected chi connectivity index (χ0v) is 8.59. The molecule has 0 radical (unpaired) electrons. The Labute approximate surface area is 74.4 Å². The van der Waals surface area contributed by atoms with Crippen LogP contribution in [0, 0.1) is 5.41 Å². The molecule has 3 heteroatoms.